The molecule has 1 aliphatic heterocycles. The molecule has 2 aromatic rings. The van der Waals surface area contributed by atoms with E-state index in [1.54, 1.807) is 12.4 Å². The predicted octanol–water partition coefficient (Wildman–Crippen LogP) is 1.80. The van der Waals surface area contributed by atoms with E-state index in [0.717, 1.165) is 30.2 Å². The van der Waals surface area contributed by atoms with Crippen molar-refractivity contribution in [1.29, 1.82) is 0 Å². The predicted molar refractivity (Wildman–Crippen MR) is 69.5 cm³/mol. The molecule has 4 heteroatoms. The number of aryl methyl sites for hydroxylation is 1. The van der Waals surface area contributed by atoms with Crippen LogP contribution in [0.15, 0.2) is 36.7 Å². The van der Waals surface area contributed by atoms with Gasteiger partial charge in [-0.2, -0.15) is 0 Å². The van der Waals surface area contributed by atoms with Crippen LogP contribution in [0.4, 0.5) is 0 Å². The molecule has 0 radical (unpaired) electrons. The molecule has 0 atom stereocenters. The fourth-order valence-electron chi connectivity index (χ4n) is 1.77. The number of hydrogen-bond donors (Lipinski definition) is 1. The molecule has 0 spiro atoms. The van der Waals surface area contributed by atoms with Crippen LogP contribution in [-0.2, 0) is 0 Å². The van der Waals surface area contributed by atoms with Crippen molar-refractivity contribution < 1.29 is 4.74 Å². The van der Waals surface area contributed by atoms with E-state index in [1.807, 2.05) is 12.1 Å². The summed E-state index contributed by atoms with van der Waals surface area (Å²) in [5.41, 5.74) is 2.26. The highest BCUT2D eigenvalue weighted by Crippen LogP contribution is 2.18. The van der Waals surface area contributed by atoms with Gasteiger partial charge in [0, 0.05) is 18.7 Å². The van der Waals surface area contributed by atoms with Crippen LogP contribution in [0.1, 0.15) is 5.56 Å². The lowest BCUT2D eigenvalue weighted by atomic mass is 10.1. The minimum atomic E-state index is 0.263. The Kier molecular flexibility index (Phi) is 2.94. The maximum atomic E-state index is 5.67. The zero-order valence-corrected chi connectivity index (χ0v) is 10.3. The number of nitrogens with one attached hydrogen (secondary N) is 1. The van der Waals surface area contributed by atoms with E-state index in [0.29, 0.717) is 0 Å². The van der Waals surface area contributed by atoms with Crippen molar-refractivity contribution in [2.45, 2.75) is 13.0 Å². The fourth-order valence-corrected chi connectivity index (χ4v) is 1.77. The van der Waals surface area contributed by atoms with Gasteiger partial charge >= 0.3 is 0 Å². The molecule has 2 heterocycles. The van der Waals surface area contributed by atoms with Gasteiger partial charge in [0.2, 0.25) is 0 Å². The number of benzene rings is 1. The van der Waals surface area contributed by atoms with Gasteiger partial charge in [0.1, 0.15) is 6.10 Å². The average Bonchev–Trinajstić information content (AvgIpc) is 2.36. The Hall–Kier alpha value is -1.94. The van der Waals surface area contributed by atoms with Crippen molar-refractivity contribution in [2.24, 2.45) is 0 Å². The number of ether oxygens (including phenoxy) is 1. The molecule has 1 fully saturated rings. The first-order valence-corrected chi connectivity index (χ1v) is 6.08. The van der Waals surface area contributed by atoms with Gasteiger partial charge in [-0.25, -0.2) is 9.97 Å². The summed E-state index contributed by atoms with van der Waals surface area (Å²) in [6, 6.07) is 8.17. The second-order valence-electron chi connectivity index (χ2n) is 4.51. The SMILES string of the molecule is Cc1ccc(-c2ncc(OC3CNC3)cn2)cc1. The van der Waals surface area contributed by atoms with Crippen molar-refractivity contribution in [3.05, 3.63) is 42.2 Å². The molecule has 0 saturated carbocycles. The summed E-state index contributed by atoms with van der Waals surface area (Å²) in [6.45, 7) is 3.87. The molecular formula is C14H15N3O. The topological polar surface area (TPSA) is 47.0 Å². The summed E-state index contributed by atoms with van der Waals surface area (Å²) >= 11 is 0. The first-order chi connectivity index (χ1) is 8.81. The van der Waals surface area contributed by atoms with Gasteiger partial charge in [-0.15, -0.1) is 0 Å². The Morgan fingerprint density at radius 1 is 1.11 bits per heavy atom. The third-order valence-electron chi connectivity index (χ3n) is 2.98. The molecular weight excluding hydrogens is 226 g/mol. The van der Waals surface area contributed by atoms with Crippen LogP contribution in [0.25, 0.3) is 11.4 Å². The van der Waals surface area contributed by atoms with Crippen LogP contribution >= 0.6 is 0 Å². The molecule has 0 unspecified atom stereocenters. The molecule has 0 bridgehead atoms. The maximum absolute atomic E-state index is 5.67. The molecule has 1 N–H and O–H groups in total. The van der Waals surface area contributed by atoms with Gasteiger partial charge in [-0.05, 0) is 6.92 Å². The minimum Gasteiger partial charge on any atom is -0.485 e. The zero-order valence-electron chi connectivity index (χ0n) is 10.3. The van der Waals surface area contributed by atoms with Crippen LogP contribution in [0, 0.1) is 6.92 Å². The van der Waals surface area contributed by atoms with E-state index >= 15 is 0 Å². The number of nitrogens with zero attached hydrogens (tertiary/aromatic N) is 2. The van der Waals surface area contributed by atoms with Crippen molar-refractivity contribution >= 4 is 0 Å². The summed E-state index contributed by atoms with van der Waals surface area (Å²) in [4.78, 5) is 8.67. The zero-order chi connectivity index (χ0) is 12.4. The number of rotatable bonds is 3. The average molecular weight is 241 g/mol. The quantitative estimate of drug-likeness (QED) is 0.890. The van der Waals surface area contributed by atoms with Crippen molar-refractivity contribution in [3.63, 3.8) is 0 Å². The molecule has 0 aliphatic carbocycles. The smallest absolute Gasteiger partial charge is 0.159 e. The Bertz CT molecular complexity index is 518. The first kappa shape index (κ1) is 11.2. The lowest BCUT2D eigenvalue weighted by molar-refractivity contribution is 0.141. The standard InChI is InChI=1S/C14H15N3O/c1-10-2-4-11(5-3-10)14-16-8-13(9-17-14)18-12-6-15-7-12/h2-5,8-9,12,15H,6-7H2,1H3. The summed E-state index contributed by atoms with van der Waals surface area (Å²) in [5, 5.41) is 3.16. The molecule has 1 saturated heterocycles. The molecule has 1 aromatic heterocycles. The van der Waals surface area contributed by atoms with Gasteiger partial charge in [-0.3, -0.25) is 0 Å². The largest absolute Gasteiger partial charge is 0.485 e. The molecule has 92 valence electrons. The molecule has 18 heavy (non-hydrogen) atoms. The first-order valence-electron chi connectivity index (χ1n) is 6.08. The Labute approximate surface area is 106 Å². The summed E-state index contributed by atoms with van der Waals surface area (Å²) < 4.78 is 5.67. The van der Waals surface area contributed by atoms with Crippen molar-refractivity contribution in [3.8, 4) is 17.1 Å². The number of hydrogen-bond acceptors (Lipinski definition) is 4. The van der Waals surface area contributed by atoms with Crippen LogP contribution < -0.4 is 10.1 Å². The second kappa shape index (κ2) is 4.74. The van der Waals surface area contributed by atoms with E-state index in [2.05, 4.69) is 34.3 Å². The molecule has 3 rings (SSSR count). The second-order valence-corrected chi connectivity index (χ2v) is 4.51. The van der Waals surface area contributed by atoms with Gasteiger partial charge in [0.25, 0.3) is 0 Å². The van der Waals surface area contributed by atoms with E-state index in [-0.39, 0.29) is 6.10 Å². The molecule has 4 nitrogen and oxygen atoms in total. The summed E-state index contributed by atoms with van der Waals surface area (Å²) in [7, 11) is 0. The highest BCUT2D eigenvalue weighted by Gasteiger charge is 2.18. The fraction of sp³-hybridized carbons (Fsp3) is 0.286. The Morgan fingerprint density at radius 3 is 2.33 bits per heavy atom. The molecule has 1 aromatic carbocycles. The van der Waals surface area contributed by atoms with E-state index in [4.69, 9.17) is 4.74 Å². The lowest BCUT2D eigenvalue weighted by Gasteiger charge is -2.27. The summed E-state index contributed by atoms with van der Waals surface area (Å²) in [6.07, 6.45) is 3.74. The van der Waals surface area contributed by atoms with Crippen molar-refractivity contribution in [1.82, 2.24) is 15.3 Å². The molecule has 1 aliphatic rings. The van der Waals surface area contributed by atoms with Crippen LogP contribution in [0.2, 0.25) is 0 Å². The third kappa shape index (κ3) is 2.33. The van der Waals surface area contributed by atoms with Crippen molar-refractivity contribution in [2.75, 3.05) is 13.1 Å². The van der Waals surface area contributed by atoms with E-state index < -0.39 is 0 Å². The van der Waals surface area contributed by atoms with E-state index in [9.17, 15) is 0 Å². The Balaban J connectivity index is 1.75. The monoisotopic (exact) mass is 241 g/mol. The highest BCUT2D eigenvalue weighted by atomic mass is 16.5. The normalized spacial score (nSPS) is 15.2. The lowest BCUT2D eigenvalue weighted by Crippen LogP contribution is -2.50. The summed E-state index contributed by atoms with van der Waals surface area (Å²) in [5.74, 6) is 1.46. The van der Waals surface area contributed by atoms with Crippen LogP contribution in [0.5, 0.6) is 5.75 Å². The van der Waals surface area contributed by atoms with E-state index in [1.165, 1.54) is 5.56 Å². The van der Waals surface area contributed by atoms with Gasteiger partial charge in [0.05, 0.1) is 12.4 Å². The third-order valence-corrected chi connectivity index (χ3v) is 2.98. The van der Waals surface area contributed by atoms with Gasteiger partial charge in [-0.1, -0.05) is 29.8 Å². The highest BCUT2D eigenvalue weighted by molar-refractivity contribution is 5.55. The van der Waals surface area contributed by atoms with Crippen LogP contribution in [-0.4, -0.2) is 29.2 Å². The minimum absolute atomic E-state index is 0.263. The molecule has 0 amide bonds. The van der Waals surface area contributed by atoms with Gasteiger partial charge < -0.3 is 10.1 Å². The Morgan fingerprint density at radius 2 is 1.78 bits per heavy atom. The number of aromatic nitrogens is 2. The van der Waals surface area contributed by atoms with Gasteiger partial charge in [0.15, 0.2) is 11.6 Å². The maximum Gasteiger partial charge on any atom is 0.159 e. The van der Waals surface area contributed by atoms with Crippen LogP contribution in [0.3, 0.4) is 0 Å².